The van der Waals surface area contributed by atoms with E-state index in [0.29, 0.717) is 10.9 Å². The number of ether oxygens (including phenoxy) is 1. The second-order valence-electron chi connectivity index (χ2n) is 7.09. The van der Waals surface area contributed by atoms with Crippen molar-refractivity contribution in [1.29, 1.82) is 0 Å². The summed E-state index contributed by atoms with van der Waals surface area (Å²) in [6.45, 7) is 0.896. The minimum Gasteiger partial charge on any atom is -0.493 e. The second kappa shape index (κ2) is 7.17. The van der Waals surface area contributed by atoms with Crippen LogP contribution in [0.25, 0.3) is 10.8 Å². The maximum Gasteiger partial charge on any atom is 0.155 e. The largest absolute Gasteiger partial charge is 0.493 e. The average Bonchev–Trinajstić information content (AvgIpc) is 3.15. The van der Waals surface area contributed by atoms with Crippen LogP contribution in [0.3, 0.4) is 0 Å². The van der Waals surface area contributed by atoms with Gasteiger partial charge in [0.15, 0.2) is 4.90 Å². The molecule has 1 heterocycles. The zero-order valence-electron chi connectivity index (χ0n) is 13.9. The number of benzene rings is 2. The summed E-state index contributed by atoms with van der Waals surface area (Å²) in [6.07, 6.45) is 9.70. The minimum atomic E-state index is 0.510. The van der Waals surface area contributed by atoms with Gasteiger partial charge >= 0.3 is 0 Å². The van der Waals surface area contributed by atoms with Gasteiger partial charge < -0.3 is 4.74 Å². The van der Waals surface area contributed by atoms with E-state index < -0.39 is 0 Å². The van der Waals surface area contributed by atoms with E-state index >= 15 is 0 Å². The van der Waals surface area contributed by atoms with Crippen LogP contribution in [0.15, 0.2) is 41.3 Å². The normalized spacial score (nSPS) is 20.2. The lowest BCUT2D eigenvalue weighted by Gasteiger charge is -2.21. The SMILES string of the molecule is c1cc2cc([S+]3CCCC3)ccc2cc1OCC1CCCCC1. The first-order chi connectivity index (χ1) is 11.4. The Balaban J connectivity index is 1.46. The predicted molar refractivity (Wildman–Crippen MR) is 101 cm³/mol. The van der Waals surface area contributed by atoms with Crippen molar-refractivity contribution in [3.8, 4) is 5.75 Å². The molecule has 23 heavy (non-hydrogen) atoms. The van der Waals surface area contributed by atoms with E-state index in [2.05, 4.69) is 36.4 Å². The van der Waals surface area contributed by atoms with Crippen molar-refractivity contribution in [2.24, 2.45) is 5.92 Å². The zero-order chi connectivity index (χ0) is 15.5. The van der Waals surface area contributed by atoms with Gasteiger partial charge in [0.05, 0.1) is 6.61 Å². The fraction of sp³-hybridized carbons (Fsp3) is 0.524. The molecule has 2 aliphatic rings. The Bertz CT molecular complexity index is 654. The summed E-state index contributed by atoms with van der Waals surface area (Å²) in [5.74, 6) is 4.60. The fourth-order valence-corrected chi connectivity index (χ4v) is 6.26. The van der Waals surface area contributed by atoms with Gasteiger partial charge in [-0.1, -0.05) is 25.3 Å². The molecule has 0 spiro atoms. The van der Waals surface area contributed by atoms with Crippen molar-refractivity contribution >= 4 is 21.7 Å². The Kier molecular flexibility index (Phi) is 4.80. The molecule has 0 amide bonds. The Labute approximate surface area is 142 Å². The fourth-order valence-electron chi connectivity index (χ4n) is 3.93. The molecule has 2 fully saturated rings. The average molecular weight is 328 g/mol. The van der Waals surface area contributed by atoms with Crippen LogP contribution in [0.1, 0.15) is 44.9 Å². The topological polar surface area (TPSA) is 9.23 Å². The van der Waals surface area contributed by atoms with Gasteiger partial charge in [0.1, 0.15) is 17.3 Å². The highest BCUT2D eigenvalue weighted by Crippen LogP contribution is 2.29. The highest BCUT2D eigenvalue weighted by Gasteiger charge is 2.26. The molecule has 0 bridgehead atoms. The van der Waals surface area contributed by atoms with Crippen molar-refractivity contribution in [3.63, 3.8) is 0 Å². The van der Waals surface area contributed by atoms with E-state index in [1.54, 1.807) is 4.90 Å². The minimum absolute atomic E-state index is 0.510. The van der Waals surface area contributed by atoms with Crippen molar-refractivity contribution < 1.29 is 4.74 Å². The van der Waals surface area contributed by atoms with E-state index in [1.807, 2.05) is 0 Å². The predicted octanol–water partition coefficient (Wildman–Crippen LogP) is 5.57. The molecule has 0 atom stereocenters. The van der Waals surface area contributed by atoms with Crippen molar-refractivity contribution in [2.75, 3.05) is 18.1 Å². The molecule has 1 aliphatic carbocycles. The highest BCUT2D eigenvalue weighted by atomic mass is 32.2. The smallest absolute Gasteiger partial charge is 0.155 e. The quantitative estimate of drug-likeness (QED) is 0.667. The third kappa shape index (κ3) is 3.68. The van der Waals surface area contributed by atoms with Crippen LogP contribution in [0.2, 0.25) is 0 Å². The molecule has 2 aromatic carbocycles. The molecule has 0 unspecified atom stereocenters. The van der Waals surface area contributed by atoms with Gasteiger partial charge in [0.2, 0.25) is 0 Å². The van der Waals surface area contributed by atoms with Crippen molar-refractivity contribution in [1.82, 2.24) is 0 Å². The Hall–Kier alpha value is -1.15. The number of hydrogen-bond donors (Lipinski definition) is 0. The number of rotatable bonds is 4. The van der Waals surface area contributed by atoms with Crippen LogP contribution in [0.4, 0.5) is 0 Å². The third-order valence-electron chi connectivity index (χ3n) is 5.36. The molecular formula is C21H27OS+. The molecule has 4 rings (SSSR count). The molecule has 122 valence electrons. The van der Waals surface area contributed by atoms with E-state index in [9.17, 15) is 0 Å². The first kappa shape index (κ1) is 15.4. The van der Waals surface area contributed by atoms with Crippen LogP contribution in [0.5, 0.6) is 5.75 Å². The summed E-state index contributed by atoms with van der Waals surface area (Å²) >= 11 is 0. The summed E-state index contributed by atoms with van der Waals surface area (Å²) in [4.78, 5) is 1.56. The lowest BCUT2D eigenvalue weighted by Crippen LogP contribution is -2.15. The van der Waals surface area contributed by atoms with Gasteiger partial charge in [-0.2, -0.15) is 0 Å². The van der Waals surface area contributed by atoms with E-state index in [4.69, 9.17) is 4.74 Å². The molecule has 0 radical (unpaired) electrons. The van der Waals surface area contributed by atoms with Gasteiger partial charge in [-0.05, 0) is 66.6 Å². The van der Waals surface area contributed by atoms with E-state index in [1.165, 1.54) is 67.2 Å². The Morgan fingerprint density at radius 3 is 2.39 bits per heavy atom. The Morgan fingerprint density at radius 1 is 0.826 bits per heavy atom. The van der Waals surface area contributed by atoms with Crippen LogP contribution >= 0.6 is 0 Å². The van der Waals surface area contributed by atoms with E-state index in [0.717, 1.165) is 18.3 Å². The maximum atomic E-state index is 6.09. The molecule has 2 aromatic rings. The van der Waals surface area contributed by atoms with Crippen molar-refractivity contribution in [3.05, 3.63) is 36.4 Å². The molecule has 1 saturated heterocycles. The molecular weight excluding hydrogens is 300 g/mol. The first-order valence-corrected chi connectivity index (χ1v) is 10.8. The number of hydrogen-bond acceptors (Lipinski definition) is 1. The molecule has 0 N–H and O–H groups in total. The monoisotopic (exact) mass is 327 g/mol. The van der Waals surface area contributed by atoms with Gasteiger partial charge in [0, 0.05) is 17.0 Å². The summed E-state index contributed by atoms with van der Waals surface area (Å²) in [5.41, 5.74) is 0. The maximum absolute atomic E-state index is 6.09. The van der Waals surface area contributed by atoms with Crippen LogP contribution < -0.4 is 4.74 Å². The van der Waals surface area contributed by atoms with Crippen LogP contribution in [-0.4, -0.2) is 18.1 Å². The number of fused-ring (bicyclic) bond motifs is 1. The lowest BCUT2D eigenvalue weighted by molar-refractivity contribution is 0.209. The first-order valence-electron chi connectivity index (χ1n) is 9.23. The van der Waals surface area contributed by atoms with E-state index in [-0.39, 0.29) is 0 Å². The summed E-state index contributed by atoms with van der Waals surface area (Å²) in [5, 5.41) is 2.68. The zero-order valence-corrected chi connectivity index (χ0v) is 14.7. The molecule has 1 nitrogen and oxygen atoms in total. The molecule has 1 aliphatic heterocycles. The molecule has 0 aromatic heterocycles. The molecule has 1 saturated carbocycles. The summed E-state index contributed by atoms with van der Waals surface area (Å²) in [7, 11) is 0.510. The standard InChI is InChI=1S/C21H27OS/c1-2-6-17(7-3-1)16-22-20-10-8-19-15-21(11-9-18(19)14-20)23-12-4-5-13-23/h8-11,14-15,17H,1-7,12-13,16H2/q+1. The summed E-state index contributed by atoms with van der Waals surface area (Å²) in [6, 6.07) is 13.7. The third-order valence-corrected chi connectivity index (χ3v) is 7.84. The second-order valence-corrected chi connectivity index (χ2v) is 9.37. The van der Waals surface area contributed by atoms with Crippen LogP contribution in [-0.2, 0) is 10.9 Å². The Morgan fingerprint density at radius 2 is 1.57 bits per heavy atom. The highest BCUT2D eigenvalue weighted by molar-refractivity contribution is 7.97. The summed E-state index contributed by atoms with van der Waals surface area (Å²) < 4.78 is 6.09. The van der Waals surface area contributed by atoms with Gasteiger partial charge in [-0.15, -0.1) is 0 Å². The molecule has 2 heteroatoms. The van der Waals surface area contributed by atoms with Crippen LogP contribution in [0, 0.1) is 5.92 Å². The van der Waals surface area contributed by atoms with Gasteiger partial charge in [0.25, 0.3) is 0 Å². The lowest BCUT2D eigenvalue weighted by atomic mass is 9.90. The van der Waals surface area contributed by atoms with Gasteiger partial charge in [-0.3, -0.25) is 0 Å². The van der Waals surface area contributed by atoms with Crippen molar-refractivity contribution in [2.45, 2.75) is 49.8 Å². The van der Waals surface area contributed by atoms with Gasteiger partial charge in [-0.25, -0.2) is 0 Å².